The number of hydrogen-bond donors (Lipinski definition) is 1. The fraction of sp³-hybridized carbons (Fsp3) is 0.923. The van der Waals surface area contributed by atoms with E-state index in [9.17, 15) is 0 Å². The van der Waals surface area contributed by atoms with Crippen LogP contribution < -0.4 is 5.73 Å². The smallest absolute Gasteiger partial charge is 0.0784 e. The van der Waals surface area contributed by atoms with Gasteiger partial charge in [0.15, 0.2) is 0 Å². The van der Waals surface area contributed by atoms with Crippen LogP contribution in [0.5, 0.6) is 0 Å². The van der Waals surface area contributed by atoms with E-state index in [0.29, 0.717) is 4.99 Å². The van der Waals surface area contributed by atoms with Gasteiger partial charge >= 0.3 is 0 Å². The maximum Gasteiger partial charge on any atom is 0.0784 e. The molecule has 0 aromatic carbocycles. The molecule has 16 heavy (non-hydrogen) atoms. The van der Waals surface area contributed by atoms with Gasteiger partial charge in [-0.3, -0.25) is 0 Å². The third-order valence-corrected chi connectivity index (χ3v) is 4.69. The van der Waals surface area contributed by atoms with E-state index in [-0.39, 0.29) is 5.41 Å². The number of likely N-dealkylation sites (tertiary alicyclic amines) is 1. The Bertz CT molecular complexity index is 250. The first-order valence-corrected chi connectivity index (χ1v) is 6.76. The summed E-state index contributed by atoms with van der Waals surface area (Å²) in [5.41, 5.74) is 5.75. The average molecular weight is 242 g/mol. The quantitative estimate of drug-likeness (QED) is 0.769. The molecule has 94 valence electrons. The summed E-state index contributed by atoms with van der Waals surface area (Å²) in [7, 11) is 0. The van der Waals surface area contributed by atoms with Crippen LogP contribution in [0.2, 0.25) is 0 Å². The zero-order valence-corrected chi connectivity index (χ0v) is 11.9. The van der Waals surface area contributed by atoms with Crippen molar-refractivity contribution in [1.29, 1.82) is 0 Å². The van der Waals surface area contributed by atoms with Crippen LogP contribution in [0.4, 0.5) is 0 Å². The maximum atomic E-state index is 5.75. The fourth-order valence-corrected chi connectivity index (χ4v) is 2.22. The monoisotopic (exact) mass is 242 g/mol. The van der Waals surface area contributed by atoms with Crippen LogP contribution in [-0.4, -0.2) is 29.5 Å². The maximum absolute atomic E-state index is 5.75. The van der Waals surface area contributed by atoms with E-state index in [0.717, 1.165) is 24.8 Å². The van der Waals surface area contributed by atoms with Gasteiger partial charge in [0, 0.05) is 12.0 Å². The van der Waals surface area contributed by atoms with E-state index in [1.54, 1.807) is 0 Å². The van der Waals surface area contributed by atoms with E-state index in [4.69, 9.17) is 18.0 Å². The van der Waals surface area contributed by atoms with Gasteiger partial charge in [-0.05, 0) is 37.8 Å². The highest BCUT2D eigenvalue weighted by Crippen LogP contribution is 2.25. The Morgan fingerprint density at radius 3 is 2.50 bits per heavy atom. The minimum Gasteiger partial charge on any atom is -0.393 e. The third kappa shape index (κ3) is 3.70. The average Bonchev–Trinajstić information content (AvgIpc) is 2.20. The number of hydrogen-bond acceptors (Lipinski definition) is 2. The van der Waals surface area contributed by atoms with E-state index >= 15 is 0 Å². The summed E-state index contributed by atoms with van der Waals surface area (Å²) in [6.45, 7) is 12.6. The van der Waals surface area contributed by atoms with E-state index in [1.165, 1.54) is 19.5 Å². The highest BCUT2D eigenvalue weighted by Gasteiger charge is 2.26. The molecule has 0 aromatic rings. The van der Waals surface area contributed by atoms with Gasteiger partial charge in [0.25, 0.3) is 0 Å². The molecule has 0 saturated carbocycles. The summed E-state index contributed by atoms with van der Waals surface area (Å²) >= 11 is 5.10. The molecule has 1 rings (SSSR count). The van der Waals surface area contributed by atoms with Crippen LogP contribution in [0.25, 0.3) is 0 Å². The molecule has 3 heteroatoms. The molecular formula is C13H26N2S. The van der Waals surface area contributed by atoms with Crippen molar-refractivity contribution < 1.29 is 0 Å². The number of rotatable bonds is 4. The Morgan fingerprint density at radius 2 is 2.00 bits per heavy atom. The molecule has 0 radical (unpaired) electrons. The van der Waals surface area contributed by atoms with Crippen molar-refractivity contribution in [3.63, 3.8) is 0 Å². The molecule has 1 aliphatic heterocycles. The molecule has 0 spiro atoms. The molecule has 2 N–H and O–H groups in total. The van der Waals surface area contributed by atoms with Crippen molar-refractivity contribution in [1.82, 2.24) is 4.90 Å². The van der Waals surface area contributed by atoms with Gasteiger partial charge in [-0.1, -0.05) is 39.9 Å². The van der Waals surface area contributed by atoms with E-state index in [2.05, 4.69) is 32.6 Å². The van der Waals surface area contributed by atoms with Gasteiger partial charge in [-0.15, -0.1) is 0 Å². The fourth-order valence-electron chi connectivity index (χ4n) is 2.11. The summed E-state index contributed by atoms with van der Waals surface area (Å²) in [6, 6.07) is 0. The minimum atomic E-state index is 0.00162. The molecule has 2 nitrogen and oxygen atoms in total. The molecule has 0 aliphatic carbocycles. The summed E-state index contributed by atoms with van der Waals surface area (Å²) in [6.07, 6.45) is 2.40. The summed E-state index contributed by atoms with van der Waals surface area (Å²) in [4.78, 5) is 3.20. The molecule has 2 atom stereocenters. The standard InChI is InChI=1S/C13H26N2S/c1-10-5-7-15(9-11(10)2)8-6-13(3,4)12(14)16/h10-11H,5-9H2,1-4H3,(H2,14,16). The SMILES string of the molecule is CC1CCN(CCC(C)(C)C(N)=S)CC1C. The molecule has 1 saturated heterocycles. The van der Waals surface area contributed by atoms with Gasteiger partial charge in [-0.25, -0.2) is 0 Å². The predicted molar refractivity (Wildman–Crippen MR) is 74.6 cm³/mol. The second-order valence-electron chi connectivity index (χ2n) is 6.04. The number of piperidine rings is 1. The zero-order chi connectivity index (χ0) is 12.3. The summed E-state index contributed by atoms with van der Waals surface area (Å²) in [5, 5.41) is 0. The third-order valence-electron chi connectivity index (χ3n) is 4.14. The Kier molecular flexibility index (Phi) is 4.74. The normalized spacial score (nSPS) is 28.0. The second kappa shape index (κ2) is 5.46. The number of nitrogens with two attached hydrogens (primary N) is 1. The molecule has 1 aliphatic rings. The van der Waals surface area contributed by atoms with Crippen molar-refractivity contribution in [2.75, 3.05) is 19.6 Å². The molecule has 2 unspecified atom stereocenters. The van der Waals surface area contributed by atoms with E-state index < -0.39 is 0 Å². The summed E-state index contributed by atoms with van der Waals surface area (Å²) < 4.78 is 0. The second-order valence-corrected chi connectivity index (χ2v) is 6.48. The van der Waals surface area contributed by atoms with Crippen LogP contribution >= 0.6 is 12.2 Å². The molecule has 1 fully saturated rings. The lowest BCUT2D eigenvalue weighted by Crippen LogP contribution is -2.41. The van der Waals surface area contributed by atoms with Crippen LogP contribution in [-0.2, 0) is 0 Å². The first-order chi connectivity index (χ1) is 7.33. The first-order valence-electron chi connectivity index (χ1n) is 6.35. The van der Waals surface area contributed by atoms with Gasteiger partial charge in [0.05, 0.1) is 4.99 Å². The van der Waals surface area contributed by atoms with Gasteiger partial charge in [-0.2, -0.15) is 0 Å². The zero-order valence-electron chi connectivity index (χ0n) is 11.1. The lowest BCUT2D eigenvalue weighted by molar-refractivity contribution is 0.129. The Morgan fingerprint density at radius 1 is 1.38 bits per heavy atom. The van der Waals surface area contributed by atoms with Crippen molar-refractivity contribution in [3.05, 3.63) is 0 Å². The molecule has 0 amide bonds. The molecule has 1 heterocycles. The van der Waals surface area contributed by atoms with Crippen molar-refractivity contribution >= 4 is 17.2 Å². The summed E-state index contributed by atoms with van der Waals surface area (Å²) in [5.74, 6) is 1.70. The highest BCUT2D eigenvalue weighted by atomic mass is 32.1. The lowest BCUT2D eigenvalue weighted by atomic mass is 9.86. The molecular weight excluding hydrogens is 216 g/mol. The molecule has 0 bridgehead atoms. The van der Waals surface area contributed by atoms with Crippen molar-refractivity contribution in [2.24, 2.45) is 23.0 Å². The van der Waals surface area contributed by atoms with Crippen LogP contribution in [0.1, 0.15) is 40.5 Å². The number of thiocarbonyl (C=S) groups is 1. The van der Waals surface area contributed by atoms with Crippen molar-refractivity contribution in [2.45, 2.75) is 40.5 Å². The highest BCUT2D eigenvalue weighted by molar-refractivity contribution is 7.80. The van der Waals surface area contributed by atoms with Gasteiger partial charge < -0.3 is 10.6 Å². The van der Waals surface area contributed by atoms with Gasteiger partial charge in [0.1, 0.15) is 0 Å². The Labute approximate surface area is 106 Å². The largest absolute Gasteiger partial charge is 0.393 e. The van der Waals surface area contributed by atoms with Crippen LogP contribution in [0, 0.1) is 17.3 Å². The minimum absolute atomic E-state index is 0.00162. The molecule has 0 aromatic heterocycles. The predicted octanol–water partition coefficient (Wildman–Crippen LogP) is 2.67. The van der Waals surface area contributed by atoms with Gasteiger partial charge in [0.2, 0.25) is 0 Å². The van der Waals surface area contributed by atoms with E-state index in [1.807, 2.05) is 0 Å². The first kappa shape index (κ1) is 13.9. The Balaban J connectivity index is 2.36. The van der Waals surface area contributed by atoms with Crippen LogP contribution in [0.15, 0.2) is 0 Å². The van der Waals surface area contributed by atoms with Crippen LogP contribution in [0.3, 0.4) is 0 Å². The lowest BCUT2D eigenvalue weighted by Gasteiger charge is -2.37. The van der Waals surface area contributed by atoms with Crippen molar-refractivity contribution in [3.8, 4) is 0 Å². The topological polar surface area (TPSA) is 29.3 Å². The number of nitrogens with zero attached hydrogens (tertiary/aromatic N) is 1. The Hall–Kier alpha value is -0.150.